The van der Waals surface area contributed by atoms with Crippen LogP contribution in [0.2, 0.25) is 0 Å². The molecule has 0 aromatic rings. The van der Waals surface area contributed by atoms with E-state index >= 15 is 0 Å². The van der Waals surface area contributed by atoms with Crippen molar-refractivity contribution in [1.29, 1.82) is 0 Å². The van der Waals surface area contributed by atoms with Crippen LogP contribution in [0.25, 0.3) is 5.32 Å². The Labute approximate surface area is 120 Å². The second-order valence-corrected chi connectivity index (χ2v) is 3.85. The molecule has 2 rings (SSSR count). The Morgan fingerprint density at radius 3 is 2.69 bits per heavy atom. The van der Waals surface area contributed by atoms with Gasteiger partial charge in [0.25, 0.3) is 0 Å². The van der Waals surface area contributed by atoms with Crippen LogP contribution in [0.1, 0.15) is 20.8 Å². The minimum absolute atomic E-state index is 0. The average Bonchev–Trinajstić information content (AvgIpc) is 2.64. The largest absolute Gasteiger partial charge is 0.641 e. The topological polar surface area (TPSA) is 56.0 Å². The quantitative estimate of drug-likeness (QED) is 0.540. The van der Waals surface area contributed by atoms with Gasteiger partial charge in [0.1, 0.15) is 0 Å². The fourth-order valence-corrected chi connectivity index (χ4v) is 1.60. The molecule has 0 spiro atoms. The molecule has 0 amide bonds. The van der Waals surface area contributed by atoms with Crippen LogP contribution >= 0.6 is 0 Å². The molecule has 0 aliphatic carbocycles. The Hall–Kier alpha value is -0.256. The summed E-state index contributed by atoms with van der Waals surface area (Å²) < 4.78 is 4.83. The summed E-state index contributed by atoms with van der Waals surface area (Å²) in [6, 6.07) is 0.603. The molecule has 6 heteroatoms. The third kappa shape index (κ3) is 2.70. The predicted octanol–water partition coefficient (Wildman–Crippen LogP) is 1.22. The van der Waals surface area contributed by atoms with Crippen LogP contribution in [0.5, 0.6) is 0 Å². The van der Waals surface area contributed by atoms with E-state index in [0.29, 0.717) is 30.3 Å². The maximum Gasteiger partial charge on any atom is 0.365 e. The van der Waals surface area contributed by atoms with Crippen LogP contribution in [0.15, 0.2) is 16.9 Å². The minimum atomic E-state index is -0.376. The molecule has 2 atom stereocenters. The molecule has 0 aromatic carbocycles. The van der Waals surface area contributed by atoms with E-state index in [1.807, 2.05) is 4.90 Å². The van der Waals surface area contributed by atoms with E-state index in [-0.39, 0.29) is 38.7 Å². The Bertz CT molecular complexity index is 354. The smallest absolute Gasteiger partial charge is 0.365 e. The number of cyclic esters (lactones) is 1. The summed E-state index contributed by atoms with van der Waals surface area (Å²) >= 11 is 0. The molecule has 1 saturated heterocycles. The normalized spacial score (nSPS) is 31.4. The number of hydrogen-bond acceptors (Lipinski definition) is 4. The van der Waals surface area contributed by atoms with Crippen molar-refractivity contribution in [2.75, 3.05) is 6.67 Å². The molecule has 2 aliphatic rings. The summed E-state index contributed by atoms with van der Waals surface area (Å²) in [7, 11) is 0. The van der Waals surface area contributed by atoms with E-state index in [2.05, 4.69) is 24.2 Å². The molecule has 0 saturated carbocycles. The van der Waals surface area contributed by atoms with Crippen molar-refractivity contribution in [1.82, 2.24) is 4.90 Å². The van der Waals surface area contributed by atoms with Gasteiger partial charge in [-0.3, -0.25) is 0 Å². The molecule has 5 nitrogen and oxygen atoms in total. The number of hydrogen-bond donors (Lipinski definition) is 0. The number of esters is 1. The Morgan fingerprint density at radius 1 is 1.56 bits per heavy atom. The summed E-state index contributed by atoms with van der Waals surface area (Å²) in [5, 5.41) is 4.37. The van der Waals surface area contributed by atoms with Crippen molar-refractivity contribution in [2.24, 2.45) is 4.99 Å². The Balaban J connectivity index is 0.00000128. The van der Waals surface area contributed by atoms with Crippen LogP contribution < -0.4 is 0 Å². The maximum absolute atomic E-state index is 11.3. The Kier molecular flexibility index (Phi) is 4.65. The van der Waals surface area contributed by atoms with Crippen molar-refractivity contribution in [3.63, 3.8) is 0 Å². The molecule has 2 aliphatic heterocycles. The molecule has 0 aromatic heterocycles. The van der Waals surface area contributed by atoms with E-state index < -0.39 is 0 Å². The summed E-state index contributed by atoms with van der Waals surface area (Å²) in [4.78, 5) is 17.3. The molecule has 2 heterocycles. The SMILES string of the molecule is CC1=N/C(=C\N2C[N-]C(C)C2C)C(=O)O1.[Y]. The van der Waals surface area contributed by atoms with Gasteiger partial charge in [0.2, 0.25) is 0 Å². The van der Waals surface area contributed by atoms with Crippen molar-refractivity contribution >= 4 is 11.9 Å². The van der Waals surface area contributed by atoms with Crippen molar-refractivity contribution in [2.45, 2.75) is 32.9 Å². The Morgan fingerprint density at radius 2 is 2.25 bits per heavy atom. The first kappa shape index (κ1) is 13.8. The molecule has 1 radical (unpaired) electrons. The maximum atomic E-state index is 11.3. The zero-order valence-corrected chi connectivity index (χ0v) is 12.5. The first-order valence-corrected chi connectivity index (χ1v) is 4.99. The zero-order valence-electron chi connectivity index (χ0n) is 9.67. The monoisotopic (exact) mass is 297 g/mol. The van der Waals surface area contributed by atoms with Gasteiger partial charge in [-0.1, -0.05) is 13.6 Å². The molecular formula is C10H14N3O2Y-. The fraction of sp³-hybridized carbons (Fsp3) is 0.600. The van der Waals surface area contributed by atoms with Gasteiger partial charge in [-0.05, 0) is 6.92 Å². The first-order chi connectivity index (χ1) is 7.08. The van der Waals surface area contributed by atoms with Crippen LogP contribution in [0.4, 0.5) is 0 Å². The molecule has 0 N–H and O–H groups in total. The molecular weight excluding hydrogens is 283 g/mol. The van der Waals surface area contributed by atoms with Gasteiger partial charge in [0.15, 0.2) is 11.6 Å². The van der Waals surface area contributed by atoms with E-state index in [0.717, 1.165) is 0 Å². The molecule has 0 bridgehead atoms. The van der Waals surface area contributed by atoms with Gasteiger partial charge in [0, 0.05) is 51.9 Å². The third-order valence-corrected chi connectivity index (χ3v) is 2.77. The zero-order chi connectivity index (χ0) is 11.0. The van der Waals surface area contributed by atoms with Crippen molar-refractivity contribution < 1.29 is 42.2 Å². The number of aliphatic imine (C=N–C) groups is 1. The van der Waals surface area contributed by atoms with E-state index in [9.17, 15) is 4.79 Å². The first-order valence-electron chi connectivity index (χ1n) is 4.99. The second-order valence-electron chi connectivity index (χ2n) is 3.85. The number of nitrogens with zero attached hydrogens (tertiary/aromatic N) is 3. The van der Waals surface area contributed by atoms with E-state index in [1.165, 1.54) is 0 Å². The molecule has 16 heavy (non-hydrogen) atoms. The number of ether oxygens (including phenoxy) is 1. The van der Waals surface area contributed by atoms with E-state index in [4.69, 9.17) is 4.74 Å². The van der Waals surface area contributed by atoms with Gasteiger partial charge < -0.3 is 15.0 Å². The summed E-state index contributed by atoms with van der Waals surface area (Å²) in [5.74, 6) is 0.0299. The minimum Gasteiger partial charge on any atom is -0.641 e. The van der Waals surface area contributed by atoms with Gasteiger partial charge >= 0.3 is 5.97 Å². The van der Waals surface area contributed by atoms with Crippen LogP contribution in [0.3, 0.4) is 0 Å². The second kappa shape index (κ2) is 5.38. The third-order valence-electron chi connectivity index (χ3n) is 2.77. The molecule has 1 fully saturated rings. The molecule has 85 valence electrons. The van der Waals surface area contributed by atoms with Crippen LogP contribution in [-0.2, 0) is 42.2 Å². The predicted molar refractivity (Wildman–Crippen MR) is 56.3 cm³/mol. The fourth-order valence-electron chi connectivity index (χ4n) is 1.60. The summed E-state index contributed by atoms with van der Waals surface area (Å²) in [5.41, 5.74) is 0.364. The van der Waals surface area contributed by atoms with Crippen molar-refractivity contribution in [3.05, 3.63) is 17.2 Å². The summed E-state index contributed by atoms with van der Waals surface area (Å²) in [6.45, 7) is 6.42. The van der Waals surface area contributed by atoms with Gasteiger partial charge in [0.05, 0.1) is 0 Å². The summed E-state index contributed by atoms with van der Waals surface area (Å²) in [6.07, 6.45) is 1.73. The van der Waals surface area contributed by atoms with E-state index in [1.54, 1.807) is 13.1 Å². The van der Waals surface area contributed by atoms with Gasteiger partial charge in [-0.25, -0.2) is 9.79 Å². The standard InChI is InChI=1S/C10H14N3O2.Y/c1-6-7(2)13(5-11-6)4-9-10(14)15-8(3)12-9;/h4,6-7H,5H2,1-3H3;/q-1;/b9-4-;. The number of rotatable bonds is 1. The van der Waals surface area contributed by atoms with Gasteiger partial charge in [-0.2, -0.15) is 0 Å². The van der Waals surface area contributed by atoms with Crippen LogP contribution in [-0.4, -0.2) is 35.5 Å². The van der Waals surface area contributed by atoms with Gasteiger partial charge in [-0.15, -0.1) is 6.04 Å². The van der Waals surface area contributed by atoms with Crippen molar-refractivity contribution in [3.8, 4) is 0 Å². The number of carbonyl (C=O) groups excluding carboxylic acids is 1. The molecule has 2 unspecified atom stereocenters. The average molecular weight is 297 g/mol. The number of carbonyl (C=O) groups is 1. The van der Waals surface area contributed by atoms with Crippen LogP contribution in [0, 0.1) is 0 Å².